The predicted octanol–water partition coefficient (Wildman–Crippen LogP) is 4.26. The highest BCUT2D eigenvalue weighted by molar-refractivity contribution is 5.59. The normalized spacial score (nSPS) is 15.0. The van der Waals surface area contributed by atoms with Crippen molar-refractivity contribution >= 4 is 5.69 Å². The van der Waals surface area contributed by atoms with Crippen molar-refractivity contribution in [3.8, 4) is 11.3 Å². The Morgan fingerprint density at radius 2 is 1.74 bits per heavy atom. The van der Waals surface area contributed by atoms with Crippen LogP contribution < -0.4 is 4.90 Å². The van der Waals surface area contributed by atoms with E-state index in [-0.39, 0.29) is 11.6 Å². The number of aromatic nitrogens is 1. The quantitative estimate of drug-likeness (QED) is 0.538. The van der Waals surface area contributed by atoms with Gasteiger partial charge in [0, 0.05) is 43.5 Å². The topological polar surface area (TPSA) is 35.8 Å². The maximum absolute atomic E-state index is 13.9. The summed E-state index contributed by atoms with van der Waals surface area (Å²) < 4.78 is 32.4. The van der Waals surface area contributed by atoms with E-state index in [0.29, 0.717) is 17.8 Å². The van der Waals surface area contributed by atoms with Crippen LogP contribution >= 0.6 is 0 Å². The fourth-order valence-electron chi connectivity index (χ4n) is 3.97. The van der Waals surface area contributed by atoms with E-state index in [1.807, 2.05) is 18.2 Å². The average Bonchev–Trinajstić information content (AvgIpc) is 3.23. The molecule has 2 aromatic carbocycles. The molecule has 0 bridgehead atoms. The molecule has 1 aliphatic heterocycles. The number of benzene rings is 2. The molecular weight excluding hydrogens is 398 g/mol. The van der Waals surface area contributed by atoms with Gasteiger partial charge in [0.15, 0.2) is 5.76 Å². The van der Waals surface area contributed by atoms with Gasteiger partial charge in [-0.05, 0) is 63.0 Å². The van der Waals surface area contributed by atoms with Crippen LogP contribution in [-0.4, -0.2) is 61.3 Å². The first-order valence-electron chi connectivity index (χ1n) is 10.7. The molecule has 31 heavy (non-hydrogen) atoms. The number of piperazine rings is 1. The van der Waals surface area contributed by atoms with Crippen LogP contribution in [0.2, 0.25) is 0 Å². The molecule has 0 radical (unpaired) electrons. The number of hydrogen-bond acceptors (Lipinski definition) is 5. The SMILES string of the molecule is CN(CCCN1CCN(c2ccc(F)cc2)CC1)Cc1cc(-c2ccccc2F)no1. The number of nitrogens with zero attached hydrogens (tertiary/aromatic N) is 4. The molecule has 0 saturated carbocycles. The molecule has 3 aromatic rings. The summed E-state index contributed by atoms with van der Waals surface area (Å²) >= 11 is 0. The first-order chi connectivity index (χ1) is 15.1. The summed E-state index contributed by atoms with van der Waals surface area (Å²) in [5, 5.41) is 4.02. The van der Waals surface area contributed by atoms with Crippen LogP contribution in [0.25, 0.3) is 11.3 Å². The minimum absolute atomic E-state index is 0.194. The van der Waals surface area contributed by atoms with Gasteiger partial charge in [0.05, 0.1) is 6.54 Å². The molecule has 7 heteroatoms. The van der Waals surface area contributed by atoms with Crippen LogP contribution in [0.4, 0.5) is 14.5 Å². The second kappa shape index (κ2) is 10.0. The lowest BCUT2D eigenvalue weighted by Gasteiger charge is -2.36. The Labute approximate surface area is 181 Å². The van der Waals surface area contributed by atoms with E-state index in [1.165, 1.54) is 18.2 Å². The third-order valence-corrected chi connectivity index (χ3v) is 5.71. The summed E-state index contributed by atoms with van der Waals surface area (Å²) in [6.45, 7) is 6.55. The van der Waals surface area contributed by atoms with Crippen LogP contribution in [-0.2, 0) is 6.54 Å². The Balaban J connectivity index is 1.18. The van der Waals surface area contributed by atoms with Crippen LogP contribution in [0.5, 0.6) is 0 Å². The molecule has 1 aliphatic rings. The standard InChI is InChI=1S/C24H28F2N4O/c1-28(18-21-17-24(27-31-21)22-5-2-3-6-23(22)26)11-4-12-29-13-15-30(16-14-29)20-9-7-19(25)8-10-20/h2-3,5-10,17H,4,11-16,18H2,1H3. The molecule has 2 heterocycles. The van der Waals surface area contributed by atoms with E-state index in [4.69, 9.17) is 4.52 Å². The highest BCUT2D eigenvalue weighted by atomic mass is 19.1. The molecule has 0 unspecified atom stereocenters. The van der Waals surface area contributed by atoms with Gasteiger partial charge in [-0.1, -0.05) is 17.3 Å². The molecule has 5 nitrogen and oxygen atoms in total. The first-order valence-corrected chi connectivity index (χ1v) is 10.7. The van der Waals surface area contributed by atoms with Crippen molar-refractivity contribution in [2.75, 3.05) is 51.2 Å². The first kappa shape index (κ1) is 21.5. The zero-order valence-corrected chi connectivity index (χ0v) is 17.8. The molecule has 0 atom stereocenters. The smallest absolute Gasteiger partial charge is 0.151 e. The van der Waals surface area contributed by atoms with E-state index >= 15 is 0 Å². The minimum atomic E-state index is -0.296. The molecule has 1 aromatic heterocycles. The Morgan fingerprint density at radius 3 is 2.48 bits per heavy atom. The van der Waals surface area contributed by atoms with Crippen molar-refractivity contribution in [2.45, 2.75) is 13.0 Å². The zero-order valence-electron chi connectivity index (χ0n) is 17.8. The van der Waals surface area contributed by atoms with E-state index in [0.717, 1.165) is 57.1 Å². The van der Waals surface area contributed by atoms with Gasteiger partial charge in [0.25, 0.3) is 0 Å². The van der Waals surface area contributed by atoms with Gasteiger partial charge in [-0.25, -0.2) is 8.78 Å². The minimum Gasteiger partial charge on any atom is -0.369 e. The number of hydrogen-bond donors (Lipinski definition) is 0. The van der Waals surface area contributed by atoms with Crippen LogP contribution in [0.3, 0.4) is 0 Å². The maximum Gasteiger partial charge on any atom is 0.151 e. The van der Waals surface area contributed by atoms with Crippen molar-refractivity contribution in [3.63, 3.8) is 0 Å². The number of halogens is 2. The fourth-order valence-corrected chi connectivity index (χ4v) is 3.97. The third-order valence-electron chi connectivity index (χ3n) is 5.71. The monoisotopic (exact) mass is 426 g/mol. The van der Waals surface area contributed by atoms with Gasteiger partial charge in [0.1, 0.15) is 17.3 Å². The number of anilines is 1. The van der Waals surface area contributed by atoms with Crippen molar-refractivity contribution < 1.29 is 13.3 Å². The Hall–Kier alpha value is -2.77. The maximum atomic E-state index is 13.9. The van der Waals surface area contributed by atoms with Crippen LogP contribution in [0, 0.1) is 11.6 Å². The van der Waals surface area contributed by atoms with Crippen LogP contribution in [0.15, 0.2) is 59.1 Å². The highest BCUT2D eigenvalue weighted by Gasteiger charge is 2.17. The van der Waals surface area contributed by atoms with E-state index in [1.54, 1.807) is 18.2 Å². The summed E-state index contributed by atoms with van der Waals surface area (Å²) in [4.78, 5) is 6.97. The molecule has 1 saturated heterocycles. The summed E-state index contributed by atoms with van der Waals surface area (Å²) in [6.07, 6.45) is 1.06. The molecule has 0 amide bonds. The zero-order chi connectivity index (χ0) is 21.6. The molecular formula is C24H28F2N4O. The molecule has 0 spiro atoms. The fraction of sp³-hybridized carbons (Fsp3) is 0.375. The van der Waals surface area contributed by atoms with Crippen molar-refractivity contribution in [2.24, 2.45) is 0 Å². The van der Waals surface area contributed by atoms with Gasteiger partial charge < -0.3 is 9.42 Å². The Bertz CT molecular complexity index is 968. The summed E-state index contributed by atoms with van der Waals surface area (Å²) in [5.41, 5.74) is 2.07. The van der Waals surface area contributed by atoms with Gasteiger partial charge in [-0.15, -0.1) is 0 Å². The summed E-state index contributed by atoms with van der Waals surface area (Å²) in [5.74, 6) is 0.240. The third kappa shape index (κ3) is 5.68. The van der Waals surface area contributed by atoms with E-state index < -0.39 is 0 Å². The van der Waals surface area contributed by atoms with Crippen molar-refractivity contribution in [1.29, 1.82) is 0 Å². The van der Waals surface area contributed by atoms with Gasteiger partial charge >= 0.3 is 0 Å². The summed E-state index contributed by atoms with van der Waals surface area (Å²) in [7, 11) is 2.05. The lowest BCUT2D eigenvalue weighted by atomic mass is 10.1. The lowest BCUT2D eigenvalue weighted by Crippen LogP contribution is -2.47. The highest BCUT2D eigenvalue weighted by Crippen LogP contribution is 2.22. The largest absolute Gasteiger partial charge is 0.369 e. The lowest BCUT2D eigenvalue weighted by molar-refractivity contribution is 0.223. The molecule has 164 valence electrons. The summed E-state index contributed by atoms with van der Waals surface area (Å²) in [6, 6.07) is 15.1. The van der Waals surface area contributed by atoms with Gasteiger partial charge in [-0.3, -0.25) is 9.80 Å². The van der Waals surface area contributed by atoms with Crippen LogP contribution in [0.1, 0.15) is 12.2 Å². The predicted molar refractivity (Wildman–Crippen MR) is 118 cm³/mol. The second-order valence-electron chi connectivity index (χ2n) is 8.05. The second-order valence-corrected chi connectivity index (χ2v) is 8.05. The number of rotatable bonds is 8. The van der Waals surface area contributed by atoms with Gasteiger partial charge in [0.2, 0.25) is 0 Å². The molecule has 0 N–H and O–H groups in total. The molecule has 1 fully saturated rings. The van der Waals surface area contributed by atoms with Crippen molar-refractivity contribution in [1.82, 2.24) is 15.0 Å². The molecule has 4 rings (SSSR count). The van der Waals surface area contributed by atoms with E-state index in [9.17, 15) is 8.78 Å². The van der Waals surface area contributed by atoms with Gasteiger partial charge in [-0.2, -0.15) is 0 Å². The van der Waals surface area contributed by atoms with Crippen molar-refractivity contribution in [3.05, 3.63) is 72.0 Å². The Kier molecular flexibility index (Phi) is 6.94. The Morgan fingerprint density at radius 1 is 1.00 bits per heavy atom. The molecule has 0 aliphatic carbocycles. The van der Waals surface area contributed by atoms with E-state index in [2.05, 4.69) is 26.9 Å². The average molecular weight is 427 g/mol.